The van der Waals surface area contributed by atoms with Crippen LogP contribution in [0.4, 0.5) is 0 Å². The molecule has 0 aliphatic rings. The molecule has 27 heavy (non-hydrogen) atoms. The lowest BCUT2D eigenvalue weighted by molar-refractivity contribution is 0.298. The van der Waals surface area contributed by atoms with E-state index in [9.17, 15) is 0 Å². The maximum absolute atomic E-state index is 6.06. The Kier molecular flexibility index (Phi) is 7.49. The number of hydrogen-bond donors (Lipinski definition) is 2. The first-order valence-electron chi connectivity index (χ1n) is 8.92. The summed E-state index contributed by atoms with van der Waals surface area (Å²) >= 11 is 0. The Hall–Kier alpha value is -2.73. The third kappa shape index (κ3) is 5.89. The molecule has 0 bridgehead atoms. The number of aryl methyl sites for hydroxylation is 1. The van der Waals surface area contributed by atoms with Crippen LogP contribution in [0.3, 0.4) is 0 Å². The molecule has 6 nitrogen and oxygen atoms in total. The smallest absolute Gasteiger partial charge is 0.188 e. The van der Waals surface area contributed by atoms with Crippen LogP contribution in [0.15, 0.2) is 47.5 Å². The fourth-order valence-electron chi connectivity index (χ4n) is 2.80. The highest BCUT2D eigenvalue weighted by molar-refractivity contribution is 5.77. The number of nitrogens with one attached hydrogen (secondary N) is 1. The molecule has 0 saturated carbocycles. The van der Waals surface area contributed by atoms with E-state index in [0.717, 1.165) is 5.56 Å². The maximum Gasteiger partial charge on any atom is 0.188 e. The number of guanidine groups is 1. The molecule has 146 valence electrons. The van der Waals surface area contributed by atoms with E-state index in [2.05, 4.69) is 60.5 Å². The second-order valence-electron chi connectivity index (χ2n) is 6.66. The average molecular weight is 370 g/mol. The van der Waals surface area contributed by atoms with Crippen LogP contribution in [0.1, 0.15) is 22.7 Å². The SMILES string of the molecule is COc1ccc(CN=C(N)NCC(c2ccc(C)cc2)N(C)C)cc1OC. The van der Waals surface area contributed by atoms with E-state index in [0.29, 0.717) is 30.5 Å². The first-order chi connectivity index (χ1) is 12.9. The number of methoxy groups -OCH3 is 2. The lowest BCUT2D eigenvalue weighted by Gasteiger charge is -2.25. The second-order valence-corrected chi connectivity index (χ2v) is 6.66. The molecule has 0 radical (unpaired) electrons. The molecule has 0 aliphatic heterocycles. The van der Waals surface area contributed by atoms with Gasteiger partial charge in [-0.2, -0.15) is 0 Å². The van der Waals surface area contributed by atoms with Gasteiger partial charge in [0, 0.05) is 6.54 Å². The van der Waals surface area contributed by atoms with Crippen molar-refractivity contribution in [2.45, 2.75) is 19.5 Å². The van der Waals surface area contributed by atoms with Crippen molar-refractivity contribution in [3.8, 4) is 11.5 Å². The number of aliphatic imine (C=N–C) groups is 1. The van der Waals surface area contributed by atoms with Crippen molar-refractivity contribution in [3.63, 3.8) is 0 Å². The summed E-state index contributed by atoms with van der Waals surface area (Å²) in [7, 11) is 7.35. The standard InChI is InChI=1S/C21H30N4O2/c1-15-6-9-17(10-7-15)18(25(2)3)14-24-21(22)23-13-16-8-11-19(26-4)20(12-16)27-5/h6-12,18H,13-14H2,1-5H3,(H3,22,23,24). The fourth-order valence-corrected chi connectivity index (χ4v) is 2.80. The molecule has 2 rings (SSSR count). The van der Waals surface area contributed by atoms with E-state index in [1.54, 1.807) is 14.2 Å². The van der Waals surface area contributed by atoms with Crippen LogP contribution in [0.25, 0.3) is 0 Å². The van der Waals surface area contributed by atoms with Gasteiger partial charge in [-0.25, -0.2) is 4.99 Å². The van der Waals surface area contributed by atoms with Crippen molar-refractivity contribution in [2.75, 3.05) is 34.9 Å². The molecule has 0 saturated heterocycles. The zero-order valence-electron chi connectivity index (χ0n) is 16.8. The van der Waals surface area contributed by atoms with E-state index in [1.165, 1.54) is 11.1 Å². The summed E-state index contributed by atoms with van der Waals surface area (Å²) in [6, 6.07) is 14.5. The minimum absolute atomic E-state index is 0.209. The number of nitrogens with two attached hydrogens (primary N) is 1. The van der Waals surface area contributed by atoms with E-state index < -0.39 is 0 Å². The predicted octanol–water partition coefficient (Wildman–Crippen LogP) is 2.72. The third-order valence-electron chi connectivity index (χ3n) is 4.44. The molecule has 2 aromatic rings. The summed E-state index contributed by atoms with van der Waals surface area (Å²) in [6.45, 7) is 3.24. The monoisotopic (exact) mass is 370 g/mol. The molecule has 3 N–H and O–H groups in total. The van der Waals surface area contributed by atoms with Crippen molar-refractivity contribution in [1.29, 1.82) is 0 Å². The molecule has 0 spiro atoms. The number of benzene rings is 2. The summed E-state index contributed by atoms with van der Waals surface area (Å²) < 4.78 is 10.6. The second kappa shape index (κ2) is 9.83. The topological polar surface area (TPSA) is 72.1 Å². The number of ether oxygens (including phenoxy) is 2. The molecular formula is C21H30N4O2. The Labute approximate surface area is 162 Å². The number of nitrogens with zero attached hydrogens (tertiary/aromatic N) is 2. The van der Waals surface area contributed by atoms with Gasteiger partial charge in [0.1, 0.15) is 0 Å². The van der Waals surface area contributed by atoms with Crippen molar-refractivity contribution in [3.05, 3.63) is 59.2 Å². The lowest BCUT2D eigenvalue weighted by atomic mass is 10.0. The van der Waals surface area contributed by atoms with Crippen LogP contribution in [0.5, 0.6) is 11.5 Å². The average Bonchev–Trinajstić information content (AvgIpc) is 2.67. The lowest BCUT2D eigenvalue weighted by Crippen LogP contribution is -2.38. The zero-order chi connectivity index (χ0) is 19.8. The molecule has 0 aliphatic carbocycles. The van der Waals surface area contributed by atoms with Gasteiger partial charge in [0.15, 0.2) is 17.5 Å². The summed E-state index contributed by atoms with van der Waals surface area (Å²) in [6.07, 6.45) is 0. The van der Waals surface area contributed by atoms with Gasteiger partial charge in [-0.1, -0.05) is 35.9 Å². The molecule has 6 heteroatoms. The van der Waals surface area contributed by atoms with Crippen molar-refractivity contribution >= 4 is 5.96 Å². The van der Waals surface area contributed by atoms with Gasteiger partial charge in [-0.3, -0.25) is 0 Å². The van der Waals surface area contributed by atoms with Crippen molar-refractivity contribution in [2.24, 2.45) is 10.7 Å². The fraction of sp³-hybridized carbons (Fsp3) is 0.381. The van der Waals surface area contributed by atoms with Gasteiger partial charge >= 0.3 is 0 Å². The Morgan fingerprint density at radius 3 is 2.33 bits per heavy atom. The van der Waals surface area contributed by atoms with Crippen molar-refractivity contribution < 1.29 is 9.47 Å². The number of hydrogen-bond acceptors (Lipinski definition) is 4. The van der Waals surface area contributed by atoms with Gasteiger partial charge in [0.05, 0.1) is 26.8 Å². The normalized spacial score (nSPS) is 12.7. The highest BCUT2D eigenvalue weighted by Crippen LogP contribution is 2.27. The van der Waals surface area contributed by atoms with Gasteiger partial charge in [-0.15, -0.1) is 0 Å². The zero-order valence-corrected chi connectivity index (χ0v) is 16.8. The van der Waals surface area contributed by atoms with Gasteiger partial charge in [-0.05, 0) is 44.3 Å². The molecule has 1 atom stereocenters. The predicted molar refractivity (Wildman–Crippen MR) is 110 cm³/mol. The van der Waals surface area contributed by atoms with Crippen LogP contribution in [-0.2, 0) is 6.54 Å². The van der Waals surface area contributed by atoms with Gasteiger partial charge < -0.3 is 25.4 Å². The van der Waals surface area contributed by atoms with Crippen LogP contribution < -0.4 is 20.5 Å². The van der Waals surface area contributed by atoms with Gasteiger partial charge in [0.25, 0.3) is 0 Å². The molecule has 0 aromatic heterocycles. The minimum Gasteiger partial charge on any atom is -0.493 e. The van der Waals surface area contributed by atoms with E-state index in [-0.39, 0.29) is 6.04 Å². The molecule has 0 heterocycles. The van der Waals surface area contributed by atoms with E-state index in [1.807, 2.05) is 18.2 Å². The van der Waals surface area contributed by atoms with E-state index in [4.69, 9.17) is 15.2 Å². The largest absolute Gasteiger partial charge is 0.493 e. The summed E-state index contributed by atoms with van der Waals surface area (Å²) in [5.74, 6) is 1.80. The first kappa shape index (κ1) is 20.6. The maximum atomic E-state index is 6.06. The molecule has 1 unspecified atom stereocenters. The summed E-state index contributed by atoms with van der Waals surface area (Å²) in [5.41, 5.74) is 9.55. The van der Waals surface area contributed by atoms with Crippen LogP contribution >= 0.6 is 0 Å². The minimum atomic E-state index is 0.209. The molecule has 2 aromatic carbocycles. The third-order valence-corrected chi connectivity index (χ3v) is 4.44. The van der Waals surface area contributed by atoms with E-state index >= 15 is 0 Å². The van der Waals surface area contributed by atoms with Crippen molar-refractivity contribution in [1.82, 2.24) is 10.2 Å². The quantitative estimate of drug-likeness (QED) is 0.552. The molecule has 0 amide bonds. The summed E-state index contributed by atoms with van der Waals surface area (Å²) in [5, 5.41) is 3.23. The Bertz CT molecular complexity index is 757. The van der Waals surface area contributed by atoms with Crippen LogP contribution in [-0.4, -0.2) is 45.7 Å². The van der Waals surface area contributed by atoms with Crippen LogP contribution in [0.2, 0.25) is 0 Å². The van der Waals surface area contributed by atoms with Gasteiger partial charge in [0.2, 0.25) is 0 Å². The summed E-state index contributed by atoms with van der Waals surface area (Å²) in [4.78, 5) is 6.60. The Morgan fingerprint density at radius 2 is 1.74 bits per heavy atom. The highest BCUT2D eigenvalue weighted by atomic mass is 16.5. The Balaban J connectivity index is 1.98. The van der Waals surface area contributed by atoms with Crippen LogP contribution in [0, 0.1) is 6.92 Å². The number of likely N-dealkylation sites (N-methyl/N-ethyl adjacent to an activating group) is 1. The Morgan fingerprint density at radius 1 is 1.07 bits per heavy atom. The molecule has 0 fully saturated rings. The number of rotatable bonds is 8. The molecular weight excluding hydrogens is 340 g/mol. The highest BCUT2D eigenvalue weighted by Gasteiger charge is 2.14. The first-order valence-corrected chi connectivity index (χ1v) is 8.92.